The van der Waals surface area contributed by atoms with Crippen molar-refractivity contribution in [1.29, 1.82) is 0 Å². The van der Waals surface area contributed by atoms with E-state index in [4.69, 9.17) is 4.52 Å². The van der Waals surface area contributed by atoms with Crippen LogP contribution in [0, 0.1) is 11.7 Å². The Bertz CT molecular complexity index is 953. The Balaban J connectivity index is 1.83. The summed E-state index contributed by atoms with van der Waals surface area (Å²) < 4.78 is 19.7. The molecular formula is C20H18FN3O. The van der Waals surface area contributed by atoms with E-state index >= 15 is 0 Å². The van der Waals surface area contributed by atoms with Gasteiger partial charge in [-0.1, -0.05) is 24.2 Å². The largest absolute Gasteiger partial charge is 0.361 e. The minimum Gasteiger partial charge on any atom is -0.361 e. The summed E-state index contributed by atoms with van der Waals surface area (Å²) in [5, 5.41) is 4.03. The molecule has 0 unspecified atom stereocenters. The van der Waals surface area contributed by atoms with E-state index < -0.39 is 0 Å². The first-order valence-electron chi connectivity index (χ1n) is 8.69. The summed E-state index contributed by atoms with van der Waals surface area (Å²) in [4.78, 5) is 8.90. The van der Waals surface area contributed by atoms with Crippen molar-refractivity contribution in [2.24, 2.45) is 5.92 Å². The van der Waals surface area contributed by atoms with Crippen LogP contribution in [0.25, 0.3) is 0 Å². The first-order chi connectivity index (χ1) is 12.2. The van der Waals surface area contributed by atoms with Gasteiger partial charge in [-0.2, -0.15) is 0 Å². The van der Waals surface area contributed by atoms with Crippen LogP contribution in [-0.4, -0.2) is 15.1 Å². The van der Waals surface area contributed by atoms with Crippen molar-refractivity contribution < 1.29 is 8.91 Å². The maximum Gasteiger partial charge on any atom is 0.143 e. The molecule has 25 heavy (non-hydrogen) atoms. The molecule has 126 valence electrons. The number of aromatic nitrogens is 3. The summed E-state index contributed by atoms with van der Waals surface area (Å²) >= 11 is 0. The van der Waals surface area contributed by atoms with E-state index in [2.05, 4.69) is 22.0 Å². The summed E-state index contributed by atoms with van der Waals surface area (Å²) in [5.74, 6) is 1.25. The first kappa shape index (κ1) is 14.8. The van der Waals surface area contributed by atoms with Crippen molar-refractivity contribution in [2.45, 2.75) is 37.5 Å². The van der Waals surface area contributed by atoms with E-state index in [9.17, 15) is 4.39 Å². The number of benzene rings is 1. The molecule has 3 aromatic rings. The molecule has 0 amide bonds. The van der Waals surface area contributed by atoms with Gasteiger partial charge in [0.15, 0.2) is 0 Å². The molecule has 0 bridgehead atoms. The monoisotopic (exact) mass is 335 g/mol. The van der Waals surface area contributed by atoms with E-state index in [1.54, 1.807) is 24.7 Å². The fourth-order valence-electron chi connectivity index (χ4n) is 5.05. The Labute approximate surface area is 145 Å². The summed E-state index contributed by atoms with van der Waals surface area (Å²) in [5.41, 5.74) is 3.91. The van der Waals surface area contributed by atoms with Gasteiger partial charge in [-0.05, 0) is 48.4 Å². The molecule has 0 saturated carbocycles. The lowest BCUT2D eigenvalue weighted by Gasteiger charge is -2.49. The predicted octanol–water partition coefficient (Wildman–Crippen LogP) is 3.81. The van der Waals surface area contributed by atoms with Gasteiger partial charge < -0.3 is 4.52 Å². The van der Waals surface area contributed by atoms with E-state index in [1.807, 2.05) is 12.3 Å². The van der Waals surface area contributed by atoms with Crippen LogP contribution < -0.4 is 0 Å². The number of fused-ring (bicyclic) bond motifs is 4. The number of aryl methyl sites for hydroxylation is 1. The highest BCUT2D eigenvalue weighted by atomic mass is 19.1. The van der Waals surface area contributed by atoms with Crippen LogP contribution in [0.1, 0.15) is 47.4 Å². The second-order valence-electron chi connectivity index (χ2n) is 7.20. The van der Waals surface area contributed by atoms with Gasteiger partial charge in [-0.15, -0.1) is 0 Å². The molecule has 0 aliphatic heterocycles. The van der Waals surface area contributed by atoms with Crippen LogP contribution in [0.2, 0.25) is 0 Å². The molecule has 2 heterocycles. The third-order valence-electron chi connectivity index (χ3n) is 6.07. The van der Waals surface area contributed by atoms with Gasteiger partial charge in [0.2, 0.25) is 0 Å². The Morgan fingerprint density at radius 2 is 2.16 bits per heavy atom. The number of nitrogens with zero attached hydrogens (tertiary/aromatic N) is 3. The van der Waals surface area contributed by atoms with Gasteiger partial charge in [0.1, 0.15) is 17.9 Å². The molecule has 0 radical (unpaired) electrons. The van der Waals surface area contributed by atoms with Crippen LogP contribution in [0.3, 0.4) is 0 Å². The highest BCUT2D eigenvalue weighted by Gasteiger charge is 2.53. The summed E-state index contributed by atoms with van der Waals surface area (Å²) in [6.45, 7) is 2.19. The summed E-state index contributed by atoms with van der Waals surface area (Å²) in [6.07, 6.45) is 7.99. The number of halogens is 1. The Kier molecular flexibility index (Phi) is 3.08. The van der Waals surface area contributed by atoms with Crippen molar-refractivity contribution in [3.8, 4) is 0 Å². The highest BCUT2D eigenvalue weighted by Crippen LogP contribution is 2.56. The highest BCUT2D eigenvalue weighted by molar-refractivity contribution is 5.48. The Morgan fingerprint density at radius 1 is 1.24 bits per heavy atom. The average Bonchev–Trinajstić information content (AvgIpc) is 3.10. The van der Waals surface area contributed by atoms with Gasteiger partial charge in [0, 0.05) is 23.1 Å². The van der Waals surface area contributed by atoms with Gasteiger partial charge in [-0.25, -0.2) is 14.4 Å². The number of hydrogen-bond acceptors (Lipinski definition) is 4. The van der Waals surface area contributed by atoms with Crippen molar-refractivity contribution in [1.82, 2.24) is 15.1 Å². The van der Waals surface area contributed by atoms with Crippen molar-refractivity contribution in [3.63, 3.8) is 0 Å². The molecule has 2 aromatic heterocycles. The van der Waals surface area contributed by atoms with Gasteiger partial charge in [0.25, 0.3) is 0 Å². The second-order valence-corrected chi connectivity index (χ2v) is 7.20. The van der Waals surface area contributed by atoms with Crippen LogP contribution in [0.4, 0.5) is 4.39 Å². The number of rotatable bonds is 1. The molecule has 0 spiro atoms. The third kappa shape index (κ3) is 1.95. The van der Waals surface area contributed by atoms with Crippen LogP contribution in [0.5, 0.6) is 0 Å². The van der Waals surface area contributed by atoms with Crippen molar-refractivity contribution in [3.05, 3.63) is 76.9 Å². The summed E-state index contributed by atoms with van der Waals surface area (Å²) in [7, 11) is 0. The minimum absolute atomic E-state index is 0.206. The maximum absolute atomic E-state index is 14.1. The van der Waals surface area contributed by atoms with Gasteiger partial charge in [0.05, 0.1) is 11.9 Å². The minimum atomic E-state index is -0.364. The topological polar surface area (TPSA) is 51.8 Å². The lowest BCUT2D eigenvalue weighted by atomic mass is 9.53. The lowest BCUT2D eigenvalue weighted by Crippen LogP contribution is -2.48. The molecule has 5 rings (SSSR count). The fraction of sp³-hybridized carbons (Fsp3) is 0.350. The van der Waals surface area contributed by atoms with Gasteiger partial charge >= 0.3 is 0 Å². The molecule has 5 heteroatoms. The molecule has 0 saturated heterocycles. The Hall–Kier alpha value is -2.56. The Morgan fingerprint density at radius 3 is 3.04 bits per heavy atom. The lowest BCUT2D eigenvalue weighted by molar-refractivity contribution is 0.188. The SMILES string of the molecule is C[C@@H]1c2oncc2C[C@]2(c3cccc(F)c3)c3ncncc3CC[C@@H]12. The zero-order valence-corrected chi connectivity index (χ0v) is 13.9. The smallest absolute Gasteiger partial charge is 0.143 e. The van der Waals surface area contributed by atoms with E-state index in [-0.39, 0.29) is 23.1 Å². The van der Waals surface area contributed by atoms with Crippen LogP contribution in [0.15, 0.2) is 47.5 Å². The second kappa shape index (κ2) is 5.22. The van der Waals surface area contributed by atoms with Crippen LogP contribution in [-0.2, 0) is 18.3 Å². The summed E-state index contributed by atoms with van der Waals surface area (Å²) in [6, 6.07) is 6.98. The fourth-order valence-corrected chi connectivity index (χ4v) is 5.05. The standard InChI is InChI=1S/C20H18FN3O/c1-12-17-6-5-13-9-22-11-23-19(13)20(17,8-14-10-24-25-18(12)14)15-3-2-4-16(21)7-15/h2-4,7,9-12,17H,5-6,8H2,1H3/t12-,17-,20+/m0/s1. The average molecular weight is 335 g/mol. The maximum atomic E-state index is 14.1. The van der Waals surface area contributed by atoms with E-state index in [1.165, 1.54) is 6.07 Å². The molecule has 0 fully saturated rings. The molecule has 2 aliphatic rings. The van der Waals surface area contributed by atoms with Crippen molar-refractivity contribution >= 4 is 0 Å². The molecule has 1 aromatic carbocycles. The van der Waals surface area contributed by atoms with Crippen molar-refractivity contribution in [2.75, 3.05) is 0 Å². The number of hydrogen-bond donors (Lipinski definition) is 0. The quantitative estimate of drug-likeness (QED) is 0.678. The van der Waals surface area contributed by atoms with Crippen LogP contribution >= 0.6 is 0 Å². The molecule has 4 nitrogen and oxygen atoms in total. The normalized spacial score (nSPS) is 27.3. The van der Waals surface area contributed by atoms with E-state index in [0.717, 1.165) is 47.4 Å². The molecule has 0 N–H and O–H groups in total. The zero-order chi connectivity index (χ0) is 17.0. The third-order valence-corrected chi connectivity index (χ3v) is 6.07. The predicted molar refractivity (Wildman–Crippen MR) is 89.6 cm³/mol. The van der Waals surface area contributed by atoms with E-state index in [0.29, 0.717) is 0 Å². The molecular weight excluding hydrogens is 317 g/mol. The molecule has 2 aliphatic carbocycles. The zero-order valence-electron chi connectivity index (χ0n) is 13.9. The van der Waals surface area contributed by atoms with Gasteiger partial charge in [-0.3, -0.25) is 0 Å². The first-order valence-corrected chi connectivity index (χ1v) is 8.69. The molecule has 3 atom stereocenters.